The molecule has 1 aromatic rings. The van der Waals surface area contributed by atoms with Crippen LogP contribution in [0.5, 0.6) is 0 Å². The van der Waals surface area contributed by atoms with Crippen molar-refractivity contribution in [2.45, 2.75) is 19.3 Å². The van der Waals surface area contributed by atoms with Gasteiger partial charge in [0.15, 0.2) is 0 Å². The average molecular weight is 209 g/mol. The first-order valence-electron chi connectivity index (χ1n) is 5.07. The van der Waals surface area contributed by atoms with Crippen LogP contribution >= 0.6 is 0 Å². The molecular formula is C9H15N5O. The number of hydrogen-bond acceptors (Lipinski definition) is 6. The molecule has 2 heterocycles. The van der Waals surface area contributed by atoms with E-state index >= 15 is 0 Å². The summed E-state index contributed by atoms with van der Waals surface area (Å²) in [4.78, 5) is 11.9. The van der Waals surface area contributed by atoms with Crippen molar-refractivity contribution in [1.82, 2.24) is 15.0 Å². The third kappa shape index (κ3) is 2.76. The highest BCUT2D eigenvalue weighted by atomic mass is 16.5. The Morgan fingerprint density at radius 2 is 1.67 bits per heavy atom. The SMILES string of the molecule is Nc1nc(N)nc(CC2CCOCC2)n1. The number of anilines is 2. The van der Waals surface area contributed by atoms with Gasteiger partial charge in [0.1, 0.15) is 5.82 Å². The van der Waals surface area contributed by atoms with E-state index in [0.29, 0.717) is 11.7 Å². The number of rotatable bonds is 2. The van der Waals surface area contributed by atoms with Crippen LogP contribution in [0.2, 0.25) is 0 Å². The molecule has 1 aliphatic heterocycles. The third-order valence-corrected chi connectivity index (χ3v) is 2.53. The quantitative estimate of drug-likeness (QED) is 0.711. The van der Waals surface area contributed by atoms with Crippen LogP contribution in [-0.2, 0) is 11.2 Å². The summed E-state index contributed by atoms with van der Waals surface area (Å²) in [7, 11) is 0. The molecule has 82 valence electrons. The molecule has 0 radical (unpaired) electrons. The van der Waals surface area contributed by atoms with Gasteiger partial charge in [-0.15, -0.1) is 0 Å². The Hall–Kier alpha value is -1.43. The Bertz CT molecular complexity index is 317. The zero-order chi connectivity index (χ0) is 10.7. The van der Waals surface area contributed by atoms with Crippen LogP contribution in [0.15, 0.2) is 0 Å². The van der Waals surface area contributed by atoms with Gasteiger partial charge in [0.2, 0.25) is 11.9 Å². The number of hydrogen-bond donors (Lipinski definition) is 2. The van der Waals surface area contributed by atoms with E-state index in [1.165, 1.54) is 0 Å². The molecule has 0 saturated carbocycles. The zero-order valence-electron chi connectivity index (χ0n) is 8.52. The lowest BCUT2D eigenvalue weighted by atomic mass is 9.96. The highest BCUT2D eigenvalue weighted by Gasteiger charge is 2.16. The van der Waals surface area contributed by atoms with E-state index in [-0.39, 0.29) is 11.9 Å². The highest BCUT2D eigenvalue weighted by molar-refractivity contribution is 5.25. The largest absolute Gasteiger partial charge is 0.381 e. The van der Waals surface area contributed by atoms with Crippen LogP contribution in [0.1, 0.15) is 18.7 Å². The molecule has 1 fully saturated rings. The third-order valence-electron chi connectivity index (χ3n) is 2.53. The van der Waals surface area contributed by atoms with E-state index in [2.05, 4.69) is 15.0 Å². The maximum Gasteiger partial charge on any atom is 0.225 e. The maximum absolute atomic E-state index is 5.50. The van der Waals surface area contributed by atoms with E-state index in [4.69, 9.17) is 16.2 Å². The fourth-order valence-corrected chi connectivity index (χ4v) is 1.76. The summed E-state index contributed by atoms with van der Waals surface area (Å²) in [5.74, 6) is 1.65. The Balaban J connectivity index is 2.02. The van der Waals surface area contributed by atoms with Crippen molar-refractivity contribution in [1.29, 1.82) is 0 Å². The van der Waals surface area contributed by atoms with Gasteiger partial charge in [-0.05, 0) is 18.8 Å². The predicted octanol–water partition coefficient (Wildman–Crippen LogP) is 0.00510. The molecule has 0 spiro atoms. The Labute approximate surface area is 88.1 Å². The van der Waals surface area contributed by atoms with Crippen molar-refractivity contribution >= 4 is 11.9 Å². The number of ether oxygens (including phenoxy) is 1. The summed E-state index contributed by atoms with van der Waals surface area (Å²) in [6.45, 7) is 1.64. The summed E-state index contributed by atoms with van der Waals surface area (Å²) in [6.07, 6.45) is 2.90. The Morgan fingerprint density at radius 1 is 1.07 bits per heavy atom. The molecule has 0 bridgehead atoms. The first-order chi connectivity index (χ1) is 7.24. The zero-order valence-corrected chi connectivity index (χ0v) is 8.52. The van der Waals surface area contributed by atoms with E-state index < -0.39 is 0 Å². The molecule has 6 heteroatoms. The van der Waals surface area contributed by atoms with E-state index in [0.717, 1.165) is 32.5 Å². The van der Waals surface area contributed by atoms with Crippen LogP contribution < -0.4 is 11.5 Å². The topological polar surface area (TPSA) is 99.9 Å². The van der Waals surface area contributed by atoms with Gasteiger partial charge in [0, 0.05) is 19.6 Å². The number of nitrogen functional groups attached to an aromatic ring is 2. The molecule has 0 aromatic carbocycles. The molecule has 2 rings (SSSR count). The van der Waals surface area contributed by atoms with Crippen LogP contribution in [0.25, 0.3) is 0 Å². The lowest BCUT2D eigenvalue weighted by Crippen LogP contribution is -2.19. The summed E-state index contributed by atoms with van der Waals surface area (Å²) in [6, 6.07) is 0. The summed E-state index contributed by atoms with van der Waals surface area (Å²) < 4.78 is 5.28. The molecule has 0 amide bonds. The Morgan fingerprint density at radius 3 is 2.27 bits per heavy atom. The second-order valence-electron chi connectivity index (χ2n) is 3.73. The number of nitrogens with two attached hydrogens (primary N) is 2. The van der Waals surface area contributed by atoms with Gasteiger partial charge in [0.25, 0.3) is 0 Å². The lowest BCUT2D eigenvalue weighted by Gasteiger charge is -2.21. The van der Waals surface area contributed by atoms with Gasteiger partial charge < -0.3 is 16.2 Å². The highest BCUT2D eigenvalue weighted by Crippen LogP contribution is 2.18. The van der Waals surface area contributed by atoms with Crippen molar-refractivity contribution in [3.63, 3.8) is 0 Å². The second kappa shape index (κ2) is 4.39. The van der Waals surface area contributed by atoms with Crippen LogP contribution in [0.3, 0.4) is 0 Å². The Kier molecular flexibility index (Phi) is 2.96. The minimum absolute atomic E-state index is 0.199. The van der Waals surface area contributed by atoms with Gasteiger partial charge in [-0.2, -0.15) is 15.0 Å². The molecule has 1 aliphatic rings. The first kappa shape index (κ1) is 10.1. The van der Waals surface area contributed by atoms with Gasteiger partial charge >= 0.3 is 0 Å². The van der Waals surface area contributed by atoms with Crippen LogP contribution in [0, 0.1) is 5.92 Å². The minimum Gasteiger partial charge on any atom is -0.381 e. The lowest BCUT2D eigenvalue weighted by molar-refractivity contribution is 0.0660. The fraction of sp³-hybridized carbons (Fsp3) is 0.667. The molecule has 6 nitrogen and oxygen atoms in total. The molecule has 1 saturated heterocycles. The standard InChI is InChI=1S/C9H15N5O/c10-8-12-7(13-9(11)14-8)5-6-1-3-15-4-2-6/h6H,1-5H2,(H4,10,11,12,13,14). The second-order valence-corrected chi connectivity index (χ2v) is 3.73. The van der Waals surface area contributed by atoms with E-state index in [1.807, 2.05) is 0 Å². The molecular weight excluding hydrogens is 194 g/mol. The summed E-state index contributed by atoms with van der Waals surface area (Å²) in [5.41, 5.74) is 11.0. The molecule has 4 N–H and O–H groups in total. The van der Waals surface area contributed by atoms with Gasteiger partial charge in [-0.1, -0.05) is 0 Å². The minimum atomic E-state index is 0.199. The maximum atomic E-state index is 5.50. The van der Waals surface area contributed by atoms with Crippen LogP contribution in [0.4, 0.5) is 11.9 Å². The summed E-state index contributed by atoms with van der Waals surface area (Å²) >= 11 is 0. The predicted molar refractivity (Wildman–Crippen MR) is 55.9 cm³/mol. The molecule has 0 atom stereocenters. The van der Waals surface area contributed by atoms with E-state index in [9.17, 15) is 0 Å². The molecule has 15 heavy (non-hydrogen) atoms. The van der Waals surface area contributed by atoms with Crippen molar-refractivity contribution in [3.8, 4) is 0 Å². The van der Waals surface area contributed by atoms with Crippen molar-refractivity contribution in [3.05, 3.63) is 5.82 Å². The van der Waals surface area contributed by atoms with Gasteiger partial charge in [-0.3, -0.25) is 0 Å². The van der Waals surface area contributed by atoms with Gasteiger partial charge in [0.05, 0.1) is 0 Å². The van der Waals surface area contributed by atoms with Crippen molar-refractivity contribution in [2.75, 3.05) is 24.7 Å². The van der Waals surface area contributed by atoms with Gasteiger partial charge in [-0.25, -0.2) is 0 Å². The van der Waals surface area contributed by atoms with Crippen LogP contribution in [-0.4, -0.2) is 28.2 Å². The number of aromatic nitrogens is 3. The smallest absolute Gasteiger partial charge is 0.225 e. The molecule has 0 aliphatic carbocycles. The molecule has 1 aromatic heterocycles. The van der Waals surface area contributed by atoms with E-state index in [1.54, 1.807) is 0 Å². The summed E-state index contributed by atoms with van der Waals surface area (Å²) in [5, 5.41) is 0. The normalized spacial score (nSPS) is 17.9. The fourth-order valence-electron chi connectivity index (χ4n) is 1.76. The first-order valence-corrected chi connectivity index (χ1v) is 5.07. The number of nitrogens with zero attached hydrogens (tertiary/aromatic N) is 3. The van der Waals surface area contributed by atoms with Crippen molar-refractivity contribution in [2.24, 2.45) is 5.92 Å². The van der Waals surface area contributed by atoms with Crippen molar-refractivity contribution < 1.29 is 4.74 Å². The monoisotopic (exact) mass is 209 g/mol. The molecule has 0 unspecified atom stereocenters. The average Bonchev–Trinajstić information content (AvgIpc) is 2.17.